The average molecular weight is 473 g/mol. The molecule has 2 bridgehead atoms. The third-order valence-corrected chi connectivity index (χ3v) is 8.48. The van der Waals surface area contributed by atoms with E-state index < -0.39 is 11.9 Å². The Balaban J connectivity index is 1.11. The molecule has 7 nitrogen and oxygen atoms in total. The molecule has 2 aromatic carbocycles. The molecule has 0 N–H and O–H groups in total. The van der Waals surface area contributed by atoms with Crippen LogP contribution in [0.1, 0.15) is 44.2 Å². The molecule has 0 aromatic heterocycles. The van der Waals surface area contributed by atoms with Gasteiger partial charge in [0.2, 0.25) is 17.7 Å². The summed E-state index contributed by atoms with van der Waals surface area (Å²) in [5.74, 6) is -0.555. The molecule has 7 heteroatoms. The molecule has 35 heavy (non-hydrogen) atoms. The number of imide groups is 1. The summed E-state index contributed by atoms with van der Waals surface area (Å²) in [5, 5.41) is 0. The van der Waals surface area contributed by atoms with Gasteiger partial charge in [-0.1, -0.05) is 30.3 Å². The number of ether oxygens (including phenoxy) is 1. The van der Waals surface area contributed by atoms with Crippen molar-refractivity contribution < 1.29 is 23.9 Å². The highest BCUT2D eigenvalue weighted by atomic mass is 16.5. The average Bonchev–Trinajstić information content (AvgIpc) is 3.63. The smallest absolute Gasteiger partial charge is 0.316 e. The molecule has 0 radical (unpaired) electrons. The van der Waals surface area contributed by atoms with Crippen LogP contribution < -0.4 is 9.64 Å². The fourth-order valence-electron chi connectivity index (χ4n) is 6.70. The SMILES string of the molecule is C[C@H](c1ccccc1)N1C[C@H](C(=O)Oc2ccc(N3C(=O)[C@@H]4[C@H]5CC[C@@H](C5)[C@@H]4C3=O)cc2)CC1=O. The summed E-state index contributed by atoms with van der Waals surface area (Å²) < 4.78 is 5.56. The number of amides is 3. The van der Waals surface area contributed by atoms with E-state index in [0.29, 0.717) is 29.8 Å². The molecule has 6 rings (SSSR count). The zero-order valence-corrected chi connectivity index (χ0v) is 19.6. The molecule has 0 spiro atoms. The summed E-state index contributed by atoms with van der Waals surface area (Å²) in [6.07, 6.45) is 3.20. The van der Waals surface area contributed by atoms with Crippen molar-refractivity contribution in [2.75, 3.05) is 11.4 Å². The Hall–Kier alpha value is -3.48. The second kappa shape index (κ2) is 8.33. The van der Waals surface area contributed by atoms with Gasteiger partial charge in [-0.05, 0) is 67.9 Å². The van der Waals surface area contributed by atoms with Crippen molar-refractivity contribution in [3.05, 3.63) is 60.2 Å². The van der Waals surface area contributed by atoms with E-state index in [2.05, 4.69) is 0 Å². The van der Waals surface area contributed by atoms with Crippen molar-refractivity contribution in [3.63, 3.8) is 0 Å². The molecule has 2 aromatic rings. The molecule has 4 aliphatic rings. The minimum atomic E-state index is -0.537. The van der Waals surface area contributed by atoms with E-state index in [1.54, 1.807) is 29.2 Å². The third-order valence-electron chi connectivity index (χ3n) is 8.48. The number of carbonyl (C=O) groups is 4. The number of likely N-dealkylation sites (tertiary alicyclic amines) is 1. The Labute approximate surface area is 204 Å². The molecule has 2 heterocycles. The zero-order chi connectivity index (χ0) is 24.3. The van der Waals surface area contributed by atoms with Gasteiger partial charge in [0.1, 0.15) is 5.75 Å². The minimum absolute atomic E-state index is 0.0655. The lowest BCUT2D eigenvalue weighted by Gasteiger charge is -2.25. The summed E-state index contributed by atoms with van der Waals surface area (Å²) in [6, 6.07) is 16.1. The van der Waals surface area contributed by atoms with E-state index in [1.165, 1.54) is 4.90 Å². The third kappa shape index (κ3) is 3.56. The monoisotopic (exact) mass is 472 g/mol. The molecule has 2 aliphatic heterocycles. The normalized spacial score (nSPS) is 30.2. The van der Waals surface area contributed by atoms with E-state index in [-0.39, 0.29) is 42.0 Å². The maximum Gasteiger partial charge on any atom is 0.316 e. The van der Waals surface area contributed by atoms with Gasteiger partial charge in [-0.15, -0.1) is 0 Å². The molecule has 2 aliphatic carbocycles. The molecular formula is C28H28N2O5. The predicted molar refractivity (Wildman–Crippen MR) is 127 cm³/mol. The molecule has 4 fully saturated rings. The second-order valence-electron chi connectivity index (χ2n) is 10.3. The highest BCUT2D eigenvalue weighted by molar-refractivity contribution is 6.22. The van der Waals surface area contributed by atoms with Crippen LogP contribution in [0.25, 0.3) is 0 Å². The fraction of sp³-hybridized carbons (Fsp3) is 0.429. The van der Waals surface area contributed by atoms with Crippen LogP contribution in [0.4, 0.5) is 5.69 Å². The first-order valence-corrected chi connectivity index (χ1v) is 12.5. The van der Waals surface area contributed by atoms with Crippen LogP contribution in [0.3, 0.4) is 0 Å². The summed E-state index contributed by atoms with van der Waals surface area (Å²) in [4.78, 5) is 54.5. The fourth-order valence-corrected chi connectivity index (χ4v) is 6.70. The number of hydrogen-bond acceptors (Lipinski definition) is 5. The zero-order valence-electron chi connectivity index (χ0n) is 19.6. The second-order valence-corrected chi connectivity index (χ2v) is 10.3. The maximum absolute atomic E-state index is 13.0. The summed E-state index contributed by atoms with van der Waals surface area (Å²) in [6.45, 7) is 2.27. The summed E-state index contributed by atoms with van der Waals surface area (Å²) >= 11 is 0. The van der Waals surface area contributed by atoms with Crippen molar-refractivity contribution >= 4 is 29.4 Å². The van der Waals surface area contributed by atoms with Gasteiger partial charge in [-0.25, -0.2) is 0 Å². The number of esters is 1. The number of nitrogens with zero attached hydrogens (tertiary/aromatic N) is 2. The first-order valence-electron chi connectivity index (χ1n) is 12.5. The van der Waals surface area contributed by atoms with Crippen LogP contribution in [0, 0.1) is 29.6 Å². The Bertz CT molecular complexity index is 1170. The van der Waals surface area contributed by atoms with E-state index in [1.807, 2.05) is 37.3 Å². The molecule has 6 atom stereocenters. The first-order chi connectivity index (χ1) is 16.9. The molecular weight excluding hydrogens is 444 g/mol. The number of fused-ring (bicyclic) bond motifs is 5. The van der Waals surface area contributed by atoms with E-state index in [0.717, 1.165) is 24.8 Å². The lowest BCUT2D eigenvalue weighted by atomic mass is 9.81. The molecule has 2 saturated heterocycles. The van der Waals surface area contributed by atoms with Crippen LogP contribution in [-0.2, 0) is 19.2 Å². The highest BCUT2D eigenvalue weighted by Crippen LogP contribution is 2.56. The van der Waals surface area contributed by atoms with Gasteiger partial charge in [0.25, 0.3) is 0 Å². The van der Waals surface area contributed by atoms with Crippen molar-refractivity contribution in [1.29, 1.82) is 0 Å². The Kier molecular flexibility index (Phi) is 5.24. The van der Waals surface area contributed by atoms with Gasteiger partial charge in [0.05, 0.1) is 29.5 Å². The Morgan fingerprint density at radius 3 is 2.17 bits per heavy atom. The molecule has 0 unspecified atom stereocenters. The quantitative estimate of drug-likeness (QED) is 0.376. The van der Waals surface area contributed by atoms with Crippen molar-refractivity contribution in [1.82, 2.24) is 4.90 Å². The predicted octanol–water partition coefficient (Wildman–Crippen LogP) is 3.74. The summed E-state index contributed by atoms with van der Waals surface area (Å²) in [7, 11) is 0. The van der Waals surface area contributed by atoms with Gasteiger partial charge in [0.15, 0.2) is 0 Å². The van der Waals surface area contributed by atoms with Gasteiger partial charge in [0, 0.05) is 13.0 Å². The van der Waals surface area contributed by atoms with Crippen LogP contribution in [0.5, 0.6) is 5.75 Å². The number of carbonyl (C=O) groups excluding carboxylic acids is 4. The maximum atomic E-state index is 13.0. The molecule has 180 valence electrons. The van der Waals surface area contributed by atoms with Gasteiger partial charge >= 0.3 is 5.97 Å². The van der Waals surface area contributed by atoms with Crippen molar-refractivity contribution in [2.24, 2.45) is 29.6 Å². The molecule has 3 amide bonds. The van der Waals surface area contributed by atoms with Crippen LogP contribution in [0.2, 0.25) is 0 Å². The standard InChI is InChI=1S/C28H28N2O5/c1-16(17-5-3-2-4-6-17)29-15-20(14-23(29)31)28(34)35-22-11-9-21(10-12-22)30-26(32)24-18-7-8-19(13-18)25(24)27(30)33/h2-6,9-12,16,18-20,24-25H,7-8,13-15H2,1H3/t16-,18+,19+,20-,24-,25+/m1/s1. The summed E-state index contributed by atoms with van der Waals surface area (Å²) in [5.41, 5.74) is 1.54. The Morgan fingerprint density at radius 2 is 1.54 bits per heavy atom. The van der Waals surface area contributed by atoms with Crippen LogP contribution in [-0.4, -0.2) is 35.1 Å². The van der Waals surface area contributed by atoms with Gasteiger partial charge in [-0.3, -0.25) is 24.1 Å². The van der Waals surface area contributed by atoms with Crippen LogP contribution >= 0.6 is 0 Å². The number of anilines is 1. The van der Waals surface area contributed by atoms with Crippen LogP contribution in [0.15, 0.2) is 54.6 Å². The lowest BCUT2D eigenvalue weighted by Crippen LogP contribution is -2.32. The number of hydrogen-bond donors (Lipinski definition) is 0. The van der Waals surface area contributed by atoms with Crippen molar-refractivity contribution in [3.8, 4) is 5.75 Å². The topological polar surface area (TPSA) is 84.0 Å². The number of benzene rings is 2. The minimum Gasteiger partial charge on any atom is -0.426 e. The van der Waals surface area contributed by atoms with E-state index in [9.17, 15) is 19.2 Å². The van der Waals surface area contributed by atoms with Gasteiger partial charge in [-0.2, -0.15) is 0 Å². The first kappa shape index (κ1) is 22.0. The lowest BCUT2D eigenvalue weighted by molar-refractivity contribution is -0.139. The van der Waals surface area contributed by atoms with E-state index >= 15 is 0 Å². The number of rotatable bonds is 5. The highest BCUT2D eigenvalue weighted by Gasteiger charge is 2.61. The van der Waals surface area contributed by atoms with E-state index in [4.69, 9.17) is 4.74 Å². The molecule has 2 saturated carbocycles. The van der Waals surface area contributed by atoms with Crippen molar-refractivity contribution in [2.45, 2.75) is 38.6 Å². The largest absolute Gasteiger partial charge is 0.426 e. The Morgan fingerprint density at radius 1 is 0.914 bits per heavy atom. The van der Waals surface area contributed by atoms with Gasteiger partial charge < -0.3 is 9.64 Å².